The van der Waals surface area contributed by atoms with E-state index in [4.69, 9.17) is 0 Å². The molecule has 60 valence electrons. The molecule has 0 saturated heterocycles. The molecule has 1 heterocycles. The van der Waals surface area contributed by atoms with Crippen molar-refractivity contribution in [3.63, 3.8) is 0 Å². The van der Waals surface area contributed by atoms with E-state index >= 15 is 0 Å². The molecule has 0 aromatic heterocycles. The van der Waals surface area contributed by atoms with E-state index in [0.717, 1.165) is 6.08 Å². The topological polar surface area (TPSA) is 55.8 Å². The third kappa shape index (κ3) is 1.10. The maximum absolute atomic E-state index is 11.0. The van der Waals surface area contributed by atoms with Crippen molar-refractivity contribution in [1.29, 1.82) is 0 Å². The molecule has 0 radical (unpaired) electrons. The van der Waals surface area contributed by atoms with Crippen LogP contribution in [0.5, 0.6) is 0 Å². The number of hydrogen-bond acceptors (Lipinski definition) is 4. The second kappa shape index (κ2) is 2.71. The van der Waals surface area contributed by atoms with Gasteiger partial charge >= 0.3 is 5.91 Å². The van der Waals surface area contributed by atoms with E-state index in [9.17, 15) is 9.59 Å². The summed E-state index contributed by atoms with van der Waals surface area (Å²) in [5.74, 6) is -1.09. The average Bonchev–Trinajstić information content (AvgIpc) is 2.26. The minimum absolute atomic E-state index is 0.00292. The Balaban J connectivity index is 2.84. The fourth-order valence-electron chi connectivity index (χ4n) is 0.752. The van der Waals surface area contributed by atoms with Gasteiger partial charge in [-0.3, -0.25) is 14.4 Å². The summed E-state index contributed by atoms with van der Waals surface area (Å²) in [5.41, 5.74) is 0. The highest BCUT2D eigenvalue weighted by atomic mass is 16.7. The van der Waals surface area contributed by atoms with Crippen LogP contribution in [0.4, 0.5) is 0 Å². The Morgan fingerprint density at radius 3 is 2.27 bits per heavy atom. The second-order valence-corrected chi connectivity index (χ2v) is 1.83. The highest BCUT2D eigenvalue weighted by Gasteiger charge is 2.32. The molecule has 1 aliphatic rings. The monoisotopic (exact) mass is 157 g/mol. The second-order valence-electron chi connectivity index (χ2n) is 1.83. The van der Waals surface area contributed by atoms with E-state index < -0.39 is 11.8 Å². The van der Waals surface area contributed by atoms with Gasteiger partial charge in [0.15, 0.2) is 5.76 Å². The van der Waals surface area contributed by atoms with Gasteiger partial charge in [-0.15, -0.1) is 5.06 Å². The molecule has 11 heavy (non-hydrogen) atoms. The van der Waals surface area contributed by atoms with E-state index in [1.807, 2.05) is 0 Å². The molecule has 0 aromatic carbocycles. The number of imide groups is 1. The molecular weight excluding hydrogens is 150 g/mol. The minimum Gasteiger partial charge on any atom is -0.491 e. The normalized spacial score (nSPS) is 17.3. The highest BCUT2D eigenvalue weighted by molar-refractivity contribution is 6.14. The van der Waals surface area contributed by atoms with Gasteiger partial charge in [-0.2, -0.15) is 0 Å². The molecule has 0 bridgehead atoms. The van der Waals surface area contributed by atoms with Crippen LogP contribution in [0.15, 0.2) is 11.8 Å². The average molecular weight is 157 g/mol. The molecule has 5 heteroatoms. The molecule has 0 unspecified atom stereocenters. The number of amides is 2. The lowest BCUT2D eigenvalue weighted by atomic mass is 10.5. The van der Waals surface area contributed by atoms with Crippen molar-refractivity contribution >= 4 is 11.8 Å². The van der Waals surface area contributed by atoms with Gasteiger partial charge < -0.3 is 4.74 Å². The molecular formula is C6H7NO4. The zero-order valence-electron chi connectivity index (χ0n) is 6.16. The molecule has 0 fully saturated rings. The van der Waals surface area contributed by atoms with Crippen molar-refractivity contribution in [3.8, 4) is 0 Å². The maximum atomic E-state index is 11.0. The summed E-state index contributed by atoms with van der Waals surface area (Å²) in [6.07, 6.45) is 1.08. The molecule has 0 aromatic rings. The minimum atomic E-state index is -0.569. The van der Waals surface area contributed by atoms with Gasteiger partial charge in [0.1, 0.15) is 0 Å². The third-order valence-electron chi connectivity index (χ3n) is 1.25. The van der Waals surface area contributed by atoms with Crippen molar-refractivity contribution in [2.45, 2.75) is 0 Å². The lowest BCUT2D eigenvalue weighted by Crippen LogP contribution is -2.29. The van der Waals surface area contributed by atoms with Gasteiger partial charge in [0, 0.05) is 0 Å². The zero-order chi connectivity index (χ0) is 8.43. The van der Waals surface area contributed by atoms with Crippen LogP contribution < -0.4 is 0 Å². The van der Waals surface area contributed by atoms with Gasteiger partial charge in [0.2, 0.25) is 0 Å². The number of carbonyl (C=O) groups is 2. The predicted octanol–water partition coefficient (Wildman–Crippen LogP) is -0.553. The SMILES string of the molecule is COC1=CC(=O)N(OC)C1=O. The van der Waals surface area contributed by atoms with Crippen molar-refractivity contribution < 1.29 is 19.2 Å². The first-order valence-corrected chi connectivity index (χ1v) is 2.89. The summed E-state index contributed by atoms with van der Waals surface area (Å²) in [5, 5.41) is 0.624. The molecule has 0 saturated carbocycles. The summed E-state index contributed by atoms with van der Waals surface area (Å²) >= 11 is 0. The van der Waals surface area contributed by atoms with E-state index in [0.29, 0.717) is 5.06 Å². The predicted molar refractivity (Wildman–Crippen MR) is 34.0 cm³/mol. The number of methoxy groups -OCH3 is 1. The quantitative estimate of drug-likeness (QED) is 0.504. The first kappa shape index (κ1) is 7.74. The van der Waals surface area contributed by atoms with E-state index in [1.54, 1.807) is 0 Å². The summed E-state index contributed by atoms with van der Waals surface area (Å²) < 4.78 is 4.59. The van der Waals surface area contributed by atoms with Gasteiger partial charge in [-0.25, -0.2) is 0 Å². The zero-order valence-corrected chi connectivity index (χ0v) is 6.16. The number of hydrogen-bond donors (Lipinski definition) is 0. The summed E-state index contributed by atoms with van der Waals surface area (Å²) in [4.78, 5) is 26.2. The van der Waals surface area contributed by atoms with Crippen molar-refractivity contribution in [2.75, 3.05) is 14.2 Å². The van der Waals surface area contributed by atoms with E-state index in [2.05, 4.69) is 9.57 Å². The van der Waals surface area contributed by atoms with Crippen LogP contribution in [-0.4, -0.2) is 31.1 Å². The van der Waals surface area contributed by atoms with Crippen LogP contribution in [-0.2, 0) is 19.2 Å². The largest absolute Gasteiger partial charge is 0.491 e. The Morgan fingerprint density at radius 1 is 1.36 bits per heavy atom. The Morgan fingerprint density at radius 2 is 2.00 bits per heavy atom. The van der Waals surface area contributed by atoms with Crippen molar-refractivity contribution in [3.05, 3.63) is 11.8 Å². The molecule has 0 spiro atoms. The van der Waals surface area contributed by atoms with Crippen LogP contribution >= 0.6 is 0 Å². The van der Waals surface area contributed by atoms with Crippen LogP contribution in [0, 0.1) is 0 Å². The van der Waals surface area contributed by atoms with E-state index in [-0.39, 0.29) is 5.76 Å². The van der Waals surface area contributed by atoms with Crippen molar-refractivity contribution in [1.82, 2.24) is 5.06 Å². The van der Waals surface area contributed by atoms with Gasteiger partial charge in [-0.05, 0) is 0 Å². The van der Waals surface area contributed by atoms with Crippen LogP contribution in [0.25, 0.3) is 0 Å². The molecule has 5 nitrogen and oxygen atoms in total. The number of nitrogens with zero attached hydrogens (tertiary/aromatic N) is 1. The smallest absolute Gasteiger partial charge is 0.320 e. The van der Waals surface area contributed by atoms with Crippen LogP contribution in [0.3, 0.4) is 0 Å². The Kier molecular flexibility index (Phi) is 1.91. The van der Waals surface area contributed by atoms with E-state index in [1.165, 1.54) is 14.2 Å². The lowest BCUT2D eigenvalue weighted by Gasteiger charge is -2.08. The Hall–Kier alpha value is -1.36. The number of carbonyl (C=O) groups excluding carboxylic acids is 2. The Labute approximate surface area is 63.1 Å². The van der Waals surface area contributed by atoms with Gasteiger partial charge in [-0.1, -0.05) is 0 Å². The van der Waals surface area contributed by atoms with Gasteiger partial charge in [0.25, 0.3) is 5.91 Å². The fourth-order valence-corrected chi connectivity index (χ4v) is 0.752. The summed E-state index contributed by atoms with van der Waals surface area (Å²) in [7, 11) is 2.55. The van der Waals surface area contributed by atoms with Crippen molar-refractivity contribution in [2.24, 2.45) is 0 Å². The molecule has 1 aliphatic heterocycles. The summed E-state index contributed by atoms with van der Waals surface area (Å²) in [6.45, 7) is 0. The third-order valence-corrected chi connectivity index (χ3v) is 1.25. The molecule has 2 amide bonds. The Bertz CT molecular complexity index is 233. The molecule has 1 rings (SSSR count). The van der Waals surface area contributed by atoms with Crippen LogP contribution in [0.2, 0.25) is 0 Å². The number of hydroxylamine groups is 2. The molecule has 0 N–H and O–H groups in total. The van der Waals surface area contributed by atoms with Gasteiger partial charge in [0.05, 0.1) is 20.3 Å². The fraction of sp³-hybridized carbons (Fsp3) is 0.333. The maximum Gasteiger partial charge on any atom is 0.320 e. The summed E-state index contributed by atoms with van der Waals surface area (Å²) in [6, 6.07) is 0. The standard InChI is InChI=1S/C6H7NO4/c1-10-4-3-5(8)7(11-2)6(4)9/h3H,1-2H3. The number of ether oxygens (including phenoxy) is 1. The molecule has 0 atom stereocenters. The molecule has 0 aliphatic carbocycles. The first-order valence-electron chi connectivity index (χ1n) is 2.89. The number of rotatable bonds is 2. The highest BCUT2D eigenvalue weighted by Crippen LogP contribution is 2.12. The first-order chi connectivity index (χ1) is 5.20. The van der Waals surface area contributed by atoms with Crippen LogP contribution in [0.1, 0.15) is 0 Å². The lowest BCUT2D eigenvalue weighted by molar-refractivity contribution is -0.179.